The van der Waals surface area contributed by atoms with E-state index in [4.69, 9.17) is 5.26 Å². The van der Waals surface area contributed by atoms with E-state index < -0.39 is 5.69 Å². The monoisotopic (exact) mass is 220 g/mol. The normalized spacial score (nSPS) is 10.9. The summed E-state index contributed by atoms with van der Waals surface area (Å²) in [6, 6.07) is 3.48. The van der Waals surface area contributed by atoms with Crippen molar-refractivity contribution in [3.63, 3.8) is 0 Å². The van der Waals surface area contributed by atoms with Crippen LogP contribution in [0.3, 0.4) is 0 Å². The molecule has 5 nitrogen and oxygen atoms in total. The quantitative estimate of drug-likeness (QED) is 0.810. The Morgan fingerprint density at radius 3 is 2.69 bits per heavy atom. The molecule has 0 fully saturated rings. The second kappa shape index (κ2) is 4.35. The van der Waals surface area contributed by atoms with Gasteiger partial charge in [0, 0.05) is 19.7 Å². The van der Waals surface area contributed by atoms with Gasteiger partial charge in [0.2, 0.25) is 0 Å². The molecule has 0 atom stereocenters. The molecule has 1 N–H and O–H groups in total. The van der Waals surface area contributed by atoms with E-state index in [1.54, 1.807) is 6.07 Å². The molecule has 0 aliphatic rings. The van der Waals surface area contributed by atoms with E-state index in [1.165, 1.54) is 0 Å². The fraction of sp³-hybridized carbons (Fsp3) is 0.545. The third-order valence-electron chi connectivity index (χ3n) is 1.95. The zero-order valence-electron chi connectivity index (χ0n) is 10.0. The largest absolute Gasteiger partial charge is 0.359 e. The summed E-state index contributed by atoms with van der Waals surface area (Å²) in [5.41, 5.74) is -0.156. The van der Waals surface area contributed by atoms with E-state index in [0.717, 1.165) is 6.54 Å². The molecule has 0 amide bonds. The van der Waals surface area contributed by atoms with Crippen molar-refractivity contribution in [3.8, 4) is 6.07 Å². The molecule has 16 heavy (non-hydrogen) atoms. The molecule has 1 aromatic rings. The molecule has 0 saturated carbocycles. The Balaban J connectivity index is 3.01. The first-order valence-corrected chi connectivity index (χ1v) is 5.04. The average Bonchev–Trinajstić information content (AvgIpc) is 2.14. The van der Waals surface area contributed by atoms with Gasteiger partial charge in [-0.05, 0) is 5.41 Å². The first-order chi connectivity index (χ1) is 7.31. The molecule has 0 radical (unpaired) electrons. The molecule has 1 rings (SSSR count). The molecule has 86 valence electrons. The lowest BCUT2D eigenvalue weighted by Gasteiger charge is -2.27. The van der Waals surface area contributed by atoms with Crippen LogP contribution in [-0.4, -0.2) is 23.6 Å². The maximum Gasteiger partial charge on any atom is 0.347 e. The summed E-state index contributed by atoms with van der Waals surface area (Å²) < 4.78 is 0. The van der Waals surface area contributed by atoms with Gasteiger partial charge in [-0.1, -0.05) is 20.8 Å². The molecule has 0 saturated heterocycles. The maximum atomic E-state index is 11.2. The van der Waals surface area contributed by atoms with Gasteiger partial charge in [0.05, 0.1) is 0 Å². The van der Waals surface area contributed by atoms with E-state index in [0.29, 0.717) is 5.82 Å². The molecule has 5 heteroatoms. The van der Waals surface area contributed by atoms with Crippen LogP contribution in [0.2, 0.25) is 0 Å². The summed E-state index contributed by atoms with van der Waals surface area (Å²) in [6.07, 6.45) is 0. The van der Waals surface area contributed by atoms with Crippen molar-refractivity contribution in [1.29, 1.82) is 5.26 Å². The number of rotatable bonds is 2. The first kappa shape index (κ1) is 12.2. The van der Waals surface area contributed by atoms with Gasteiger partial charge in [0.15, 0.2) is 0 Å². The number of anilines is 1. The van der Waals surface area contributed by atoms with Gasteiger partial charge in [-0.25, -0.2) is 4.79 Å². The summed E-state index contributed by atoms with van der Waals surface area (Å²) in [6.45, 7) is 7.06. The van der Waals surface area contributed by atoms with Crippen molar-refractivity contribution in [3.05, 3.63) is 22.2 Å². The minimum absolute atomic E-state index is 0.103. The number of H-pyrrole nitrogens is 1. The van der Waals surface area contributed by atoms with Crippen molar-refractivity contribution in [2.75, 3.05) is 18.5 Å². The van der Waals surface area contributed by atoms with E-state index in [9.17, 15) is 4.79 Å². The maximum absolute atomic E-state index is 11.2. The highest BCUT2D eigenvalue weighted by molar-refractivity contribution is 5.41. The smallest absolute Gasteiger partial charge is 0.347 e. The standard InChI is InChI=1S/C11H16N4O/c1-11(2,3)7-15(4)9-5-8(6-12)13-10(16)14-9/h5H,7H2,1-4H3,(H,13,14,16). The Kier molecular flexibility index (Phi) is 3.33. The van der Waals surface area contributed by atoms with Gasteiger partial charge in [0.25, 0.3) is 0 Å². The lowest BCUT2D eigenvalue weighted by atomic mass is 9.96. The third kappa shape index (κ3) is 3.39. The van der Waals surface area contributed by atoms with Crippen LogP contribution in [0.25, 0.3) is 0 Å². The molecule has 1 aromatic heterocycles. The van der Waals surface area contributed by atoms with Gasteiger partial charge >= 0.3 is 5.69 Å². The number of nitrogens with zero attached hydrogens (tertiary/aromatic N) is 3. The fourth-order valence-corrected chi connectivity index (χ4v) is 1.49. The molecular formula is C11H16N4O. The fourth-order valence-electron chi connectivity index (χ4n) is 1.49. The van der Waals surface area contributed by atoms with E-state index >= 15 is 0 Å². The Labute approximate surface area is 94.7 Å². The number of aromatic amines is 1. The predicted octanol–water partition coefficient (Wildman–Crippen LogP) is 1.12. The number of hydrogen-bond acceptors (Lipinski definition) is 4. The van der Waals surface area contributed by atoms with E-state index in [-0.39, 0.29) is 11.1 Å². The van der Waals surface area contributed by atoms with Crippen LogP contribution in [0.15, 0.2) is 10.9 Å². The van der Waals surface area contributed by atoms with Crippen LogP contribution < -0.4 is 10.6 Å². The lowest BCUT2D eigenvalue weighted by molar-refractivity contribution is 0.417. The molecule has 0 unspecified atom stereocenters. The zero-order chi connectivity index (χ0) is 12.3. The second-order valence-corrected chi connectivity index (χ2v) is 4.99. The summed E-state index contributed by atoms with van der Waals surface area (Å²) in [5, 5.41) is 8.73. The first-order valence-electron chi connectivity index (χ1n) is 5.04. The molecule has 1 heterocycles. The van der Waals surface area contributed by atoms with Crippen molar-refractivity contribution < 1.29 is 0 Å². The number of hydrogen-bond donors (Lipinski definition) is 1. The Bertz CT molecular complexity index is 464. The second-order valence-electron chi connectivity index (χ2n) is 4.99. The minimum Gasteiger partial charge on any atom is -0.359 e. The van der Waals surface area contributed by atoms with Gasteiger partial charge < -0.3 is 4.90 Å². The van der Waals surface area contributed by atoms with Gasteiger partial charge in [-0.15, -0.1) is 0 Å². The Hall–Kier alpha value is -1.83. The van der Waals surface area contributed by atoms with Crippen LogP contribution in [0.5, 0.6) is 0 Å². The summed E-state index contributed by atoms with van der Waals surface area (Å²) in [5.74, 6) is 0.523. The van der Waals surface area contributed by atoms with Crippen molar-refractivity contribution in [2.24, 2.45) is 5.41 Å². The van der Waals surface area contributed by atoms with Crippen molar-refractivity contribution >= 4 is 5.82 Å². The molecule has 0 spiro atoms. The van der Waals surface area contributed by atoms with Gasteiger partial charge in [-0.2, -0.15) is 10.2 Å². The average molecular weight is 220 g/mol. The summed E-state index contributed by atoms with van der Waals surface area (Å²) >= 11 is 0. The van der Waals surface area contributed by atoms with E-state index in [2.05, 4.69) is 30.7 Å². The highest BCUT2D eigenvalue weighted by Gasteiger charge is 2.15. The van der Waals surface area contributed by atoms with Crippen molar-refractivity contribution in [2.45, 2.75) is 20.8 Å². The van der Waals surface area contributed by atoms with Crippen LogP contribution in [0.1, 0.15) is 26.5 Å². The SMILES string of the molecule is CN(CC(C)(C)C)c1cc(C#N)[nH]c(=O)n1. The van der Waals surface area contributed by atoms with Gasteiger partial charge in [0.1, 0.15) is 17.6 Å². The Morgan fingerprint density at radius 2 is 2.19 bits per heavy atom. The topological polar surface area (TPSA) is 72.8 Å². The molecular weight excluding hydrogens is 204 g/mol. The zero-order valence-corrected chi connectivity index (χ0v) is 10.0. The third-order valence-corrected chi connectivity index (χ3v) is 1.95. The molecule has 0 aliphatic heterocycles. The number of nitriles is 1. The molecule has 0 bridgehead atoms. The van der Waals surface area contributed by atoms with Crippen LogP contribution in [0, 0.1) is 16.7 Å². The van der Waals surface area contributed by atoms with Crippen LogP contribution in [0.4, 0.5) is 5.82 Å². The number of nitrogens with one attached hydrogen (secondary N) is 1. The lowest BCUT2D eigenvalue weighted by Crippen LogP contribution is -2.31. The van der Waals surface area contributed by atoms with Crippen molar-refractivity contribution in [1.82, 2.24) is 9.97 Å². The summed E-state index contributed by atoms with van der Waals surface area (Å²) in [4.78, 5) is 19.3. The van der Waals surface area contributed by atoms with Crippen LogP contribution in [-0.2, 0) is 0 Å². The highest BCUT2D eigenvalue weighted by Crippen LogP contribution is 2.17. The highest BCUT2D eigenvalue weighted by atomic mass is 16.1. The number of aromatic nitrogens is 2. The Morgan fingerprint density at radius 1 is 1.56 bits per heavy atom. The van der Waals surface area contributed by atoms with E-state index in [1.807, 2.05) is 18.0 Å². The predicted molar refractivity (Wildman–Crippen MR) is 62.3 cm³/mol. The molecule has 0 aromatic carbocycles. The van der Waals surface area contributed by atoms with Crippen LogP contribution >= 0.6 is 0 Å². The molecule has 0 aliphatic carbocycles. The summed E-state index contributed by atoms with van der Waals surface area (Å²) in [7, 11) is 1.86. The minimum atomic E-state index is -0.491. The van der Waals surface area contributed by atoms with Gasteiger partial charge in [-0.3, -0.25) is 4.98 Å².